The van der Waals surface area contributed by atoms with Gasteiger partial charge in [-0.15, -0.1) is 0 Å². The normalized spacial score (nSPS) is 15.9. The van der Waals surface area contributed by atoms with E-state index in [-0.39, 0.29) is 17.8 Å². The molecule has 3 aromatic carbocycles. The number of carbonyl (C=O) groups is 1. The van der Waals surface area contributed by atoms with Crippen LogP contribution < -0.4 is 10.2 Å². The van der Waals surface area contributed by atoms with Crippen molar-refractivity contribution in [2.24, 2.45) is 0 Å². The molecule has 1 heterocycles. The summed E-state index contributed by atoms with van der Waals surface area (Å²) in [4.78, 5) is 25.2. The van der Waals surface area contributed by atoms with Crippen molar-refractivity contribution in [2.75, 3.05) is 10.2 Å². The van der Waals surface area contributed by atoms with Crippen LogP contribution in [-0.2, 0) is 0 Å². The van der Waals surface area contributed by atoms with Crippen LogP contribution >= 0.6 is 0 Å². The number of rotatable bonds is 4. The molecule has 6 nitrogen and oxygen atoms in total. The van der Waals surface area contributed by atoms with Gasteiger partial charge < -0.3 is 5.32 Å². The fraction of sp³-hybridized carbons (Fsp3) is 0.0455. The third-order valence-corrected chi connectivity index (χ3v) is 4.57. The van der Waals surface area contributed by atoms with E-state index in [4.69, 9.17) is 0 Å². The van der Waals surface area contributed by atoms with Crippen LogP contribution in [0.15, 0.2) is 84.9 Å². The first-order valence-electron chi connectivity index (χ1n) is 8.80. The molecule has 0 saturated carbocycles. The fourth-order valence-electron chi connectivity index (χ4n) is 3.19. The standard InChI is InChI=1S/C22H17N3O3/c26-22-19-8-4-5-9-20(19)23-21(24(22)17-6-2-1-3-7-17)15-12-16-10-13-18(14-11-16)25(27)28/h1-15,21,23H/b15-12+/t21-/m0/s1. The molecule has 1 aliphatic heterocycles. The zero-order chi connectivity index (χ0) is 19.5. The lowest BCUT2D eigenvalue weighted by molar-refractivity contribution is -0.384. The van der Waals surface area contributed by atoms with E-state index in [2.05, 4.69) is 5.32 Å². The van der Waals surface area contributed by atoms with E-state index in [9.17, 15) is 14.9 Å². The van der Waals surface area contributed by atoms with Gasteiger partial charge in [-0.25, -0.2) is 0 Å². The van der Waals surface area contributed by atoms with Crippen LogP contribution in [0.25, 0.3) is 6.08 Å². The second kappa shape index (κ2) is 7.36. The van der Waals surface area contributed by atoms with Gasteiger partial charge in [-0.3, -0.25) is 19.8 Å². The van der Waals surface area contributed by atoms with Crippen molar-refractivity contribution in [1.82, 2.24) is 0 Å². The lowest BCUT2D eigenvalue weighted by Crippen LogP contribution is -2.48. The van der Waals surface area contributed by atoms with Gasteiger partial charge in [0, 0.05) is 23.5 Å². The highest BCUT2D eigenvalue weighted by molar-refractivity contribution is 6.12. The molecule has 1 aliphatic rings. The maximum atomic E-state index is 13.1. The molecule has 0 aromatic heterocycles. The monoisotopic (exact) mass is 371 g/mol. The molecule has 6 heteroatoms. The van der Waals surface area contributed by atoms with Gasteiger partial charge in [0.15, 0.2) is 0 Å². The summed E-state index contributed by atoms with van der Waals surface area (Å²) in [6, 6.07) is 23.1. The molecule has 0 radical (unpaired) electrons. The van der Waals surface area contributed by atoms with Gasteiger partial charge in [0.1, 0.15) is 6.17 Å². The molecule has 0 unspecified atom stereocenters. The Balaban J connectivity index is 1.68. The number of non-ortho nitro benzene ring substituents is 1. The Morgan fingerprint density at radius 2 is 1.61 bits per heavy atom. The van der Waals surface area contributed by atoms with Gasteiger partial charge in [-0.2, -0.15) is 0 Å². The summed E-state index contributed by atoms with van der Waals surface area (Å²) in [7, 11) is 0. The summed E-state index contributed by atoms with van der Waals surface area (Å²) >= 11 is 0. The molecule has 4 rings (SSSR count). The Kier molecular flexibility index (Phi) is 4.60. The Hall–Kier alpha value is -3.93. The average molecular weight is 371 g/mol. The zero-order valence-corrected chi connectivity index (χ0v) is 14.9. The summed E-state index contributed by atoms with van der Waals surface area (Å²) in [6.45, 7) is 0. The SMILES string of the molecule is O=C1c2ccccc2N[C@H](/C=C/c2ccc([N+](=O)[O-])cc2)N1c1ccccc1. The molecule has 1 N–H and O–H groups in total. The molecule has 0 fully saturated rings. The molecule has 28 heavy (non-hydrogen) atoms. The highest BCUT2D eigenvalue weighted by atomic mass is 16.6. The molecule has 0 bridgehead atoms. The van der Waals surface area contributed by atoms with Crippen LogP contribution in [0.1, 0.15) is 15.9 Å². The number of hydrogen-bond acceptors (Lipinski definition) is 4. The van der Waals surface area contributed by atoms with Crippen LogP contribution in [0.5, 0.6) is 0 Å². The van der Waals surface area contributed by atoms with Crippen LogP contribution in [0.2, 0.25) is 0 Å². The molecule has 3 aromatic rings. The maximum Gasteiger partial charge on any atom is 0.269 e. The Bertz CT molecular complexity index is 1050. The first-order valence-corrected chi connectivity index (χ1v) is 8.80. The number of amides is 1. The summed E-state index contributed by atoms with van der Waals surface area (Å²) in [5.41, 5.74) is 3.03. The number of nitrogens with one attached hydrogen (secondary N) is 1. The highest BCUT2D eigenvalue weighted by Crippen LogP contribution is 2.30. The van der Waals surface area contributed by atoms with E-state index < -0.39 is 4.92 Å². The van der Waals surface area contributed by atoms with Crippen molar-refractivity contribution in [3.05, 3.63) is 106 Å². The highest BCUT2D eigenvalue weighted by Gasteiger charge is 2.31. The number of nitro benzene ring substituents is 1. The molecular weight excluding hydrogens is 354 g/mol. The number of nitro groups is 1. The minimum atomic E-state index is -0.428. The molecule has 0 aliphatic carbocycles. The van der Waals surface area contributed by atoms with Gasteiger partial charge in [0.25, 0.3) is 11.6 Å². The number of hydrogen-bond donors (Lipinski definition) is 1. The summed E-state index contributed by atoms with van der Waals surface area (Å²) in [5, 5.41) is 14.2. The second-order valence-electron chi connectivity index (χ2n) is 6.35. The zero-order valence-electron chi connectivity index (χ0n) is 14.9. The van der Waals surface area contributed by atoms with Crippen molar-refractivity contribution < 1.29 is 9.72 Å². The first-order chi connectivity index (χ1) is 13.6. The molecule has 1 amide bonds. The van der Waals surface area contributed by atoms with Gasteiger partial charge in [-0.05, 0) is 48.0 Å². The van der Waals surface area contributed by atoms with Crippen molar-refractivity contribution in [3.8, 4) is 0 Å². The number of benzene rings is 3. The van der Waals surface area contributed by atoms with E-state index in [1.165, 1.54) is 12.1 Å². The van der Waals surface area contributed by atoms with E-state index in [1.807, 2.05) is 60.7 Å². The molecular formula is C22H17N3O3. The third-order valence-electron chi connectivity index (χ3n) is 4.57. The van der Waals surface area contributed by atoms with Crippen molar-refractivity contribution >= 4 is 29.0 Å². The van der Waals surface area contributed by atoms with Crippen molar-refractivity contribution in [1.29, 1.82) is 0 Å². The maximum absolute atomic E-state index is 13.1. The topological polar surface area (TPSA) is 75.5 Å². The largest absolute Gasteiger partial charge is 0.361 e. The quantitative estimate of drug-likeness (QED) is 0.532. The Morgan fingerprint density at radius 3 is 2.32 bits per heavy atom. The van der Waals surface area contributed by atoms with Crippen molar-refractivity contribution in [3.63, 3.8) is 0 Å². The second-order valence-corrected chi connectivity index (χ2v) is 6.35. The summed E-state index contributed by atoms with van der Waals surface area (Å²) in [6.07, 6.45) is 3.33. The molecule has 0 spiro atoms. The average Bonchev–Trinajstić information content (AvgIpc) is 2.73. The number of nitrogens with zero attached hydrogens (tertiary/aromatic N) is 2. The minimum Gasteiger partial charge on any atom is -0.361 e. The van der Waals surface area contributed by atoms with Crippen LogP contribution in [-0.4, -0.2) is 17.0 Å². The molecule has 0 saturated heterocycles. The number of fused-ring (bicyclic) bond motifs is 1. The Morgan fingerprint density at radius 1 is 0.929 bits per heavy atom. The Labute approximate surface area is 161 Å². The van der Waals surface area contributed by atoms with E-state index >= 15 is 0 Å². The lowest BCUT2D eigenvalue weighted by Gasteiger charge is -2.36. The smallest absolute Gasteiger partial charge is 0.269 e. The predicted molar refractivity (Wildman–Crippen MR) is 109 cm³/mol. The third kappa shape index (κ3) is 3.35. The summed E-state index contributed by atoms with van der Waals surface area (Å²) in [5.74, 6) is -0.0844. The molecule has 1 atom stereocenters. The molecule has 138 valence electrons. The van der Waals surface area contributed by atoms with Gasteiger partial charge >= 0.3 is 0 Å². The number of para-hydroxylation sites is 2. The van der Waals surface area contributed by atoms with E-state index in [0.29, 0.717) is 5.56 Å². The van der Waals surface area contributed by atoms with E-state index in [1.54, 1.807) is 23.1 Å². The van der Waals surface area contributed by atoms with Gasteiger partial charge in [0.05, 0.1) is 10.5 Å². The summed E-state index contributed by atoms with van der Waals surface area (Å²) < 4.78 is 0. The van der Waals surface area contributed by atoms with Crippen LogP contribution in [0, 0.1) is 10.1 Å². The fourth-order valence-corrected chi connectivity index (χ4v) is 3.19. The van der Waals surface area contributed by atoms with Crippen LogP contribution in [0.4, 0.5) is 17.1 Å². The first kappa shape index (κ1) is 17.5. The van der Waals surface area contributed by atoms with E-state index in [0.717, 1.165) is 16.9 Å². The predicted octanol–water partition coefficient (Wildman–Crippen LogP) is 4.71. The lowest BCUT2D eigenvalue weighted by atomic mass is 10.1. The van der Waals surface area contributed by atoms with Gasteiger partial charge in [0.2, 0.25) is 0 Å². The minimum absolute atomic E-state index is 0.0444. The van der Waals surface area contributed by atoms with Crippen LogP contribution in [0.3, 0.4) is 0 Å². The van der Waals surface area contributed by atoms with Crippen molar-refractivity contribution in [2.45, 2.75) is 6.17 Å². The number of carbonyl (C=O) groups excluding carboxylic acids is 1. The number of anilines is 2. The van der Waals surface area contributed by atoms with Gasteiger partial charge in [-0.1, -0.05) is 36.4 Å².